The van der Waals surface area contributed by atoms with Crippen LogP contribution in [0.3, 0.4) is 0 Å². The van der Waals surface area contributed by atoms with Crippen molar-refractivity contribution in [3.63, 3.8) is 0 Å². The molecule has 0 saturated carbocycles. The van der Waals surface area contributed by atoms with Gasteiger partial charge in [0.05, 0.1) is 28.5 Å². The van der Waals surface area contributed by atoms with E-state index >= 15 is 0 Å². The molecule has 0 amide bonds. The molecular weight excluding hydrogens is 436 g/mol. The standard InChI is InChI=1S/C27H18N8/c28-15-17-5-3-6-20(13-17)24-23(19-9-10-22-18(14-19)7-4-12-31-22)25-26(27(29)32-24)34-35(33-25)16-21-8-1-2-11-30-21/h1-14H,16H2,(H2,29,32). The van der Waals surface area contributed by atoms with Gasteiger partial charge in [-0.1, -0.05) is 30.3 Å². The second kappa shape index (κ2) is 8.32. The fraction of sp³-hybridized carbons (Fsp3) is 0.0370. The molecule has 0 atom stereocenters. The van der Waals surface area contributed by atoms with E-state index in [1.54, 1.807) is 29.3 Å². The van der Waals surface area contributed by atoms with E-state index in [9.17, 15) is 5.26 Å². The zero-order valence-electron chi connectivity index (χ0n) is 18.5. The molecule has 0 saturated heterocycles. The quantitative estimate of drug-likeness (QED) is 0.413. The summed E-state index contributed by atoms with van der Waals surface area (Å²) >= 11 is 0. The summed E-state index contributed by atoms with van der Waals surface area (Å²) in [6.45, 7) is 0.398. The van der Waals surface area contributed by atoms with Crippen molar-refractivity contribution in [3.05, 3.63) is 96.4 Å². The van der Waals surface area contributed by atoms with Crippen LogP contribution in [-0.4, -0.2) is 29.9 Å². The summed E-state index contributed by atoms with van der Waals surface area (Å²) in [5.41, 5.74) is 12.9. The summed E-state index contributed by atoms with van der Waals surface area (Å²) in [7, 11) is 0. The van der Waals surface area contributed by atoms with E-state index in [2.05, 4.69) is 27.2 Å². The topological polar surface area (TPSA) is 119 Å². The average molecular weight is 454 g/mol. The number of hydrogen-bond donors (Lipinski definition) is 1. The van der Waals surface area contributed by atoms with Crippen molar-refractivity contribution in [2.75, 3.05) is 5.73 Å². The maximum absolute atomic E-state index is 9.45. The number of pyridine rings is 3. The van der Waals surface area contributed by atoms with Crippen LogP contribution in [0.4, 0.5) is 5.82 Å². The Hall–Kier alpha value is -5.16. The molecule has 0 unspecified atom stereocenters. The first-order chi connectivity index (χ1) is 17.2. The first-order valence-electron chi connectivity index (χ1n) is 11.0. The van der Waals surface area contributed by atoms with Gasteiger partial charge in [-0.2, -0.15) is 15.2 Å². The summed E-state index contributed by atoms with van der Waals surface area (Å²) in [5.74, 6) is 0.274. The number of nitrogens with two attached hydrogens (primary N) is 1. The molecule has 6 rings (SSSR count). The molecule has 2 aromatic carbocycles. The number of anilines is 1. The van der Waals surface area contributed by atoms with Gasteiger partial charge in [0, 0.05) is 28.9 Å². The highest BCUT2D eigenvalue weighted by molar-refractivity contribution is 6.04. The maximum Gasteiger partial charge on any atom is 0.155 e. The van der Waals surface area contributed by atoms with E-state index in [-0.39, 0.29) is 5.82 Å². The summed E-state index contributed by atoms with van der Waals surface area (Å²) in [6.07, 6.45) is 3.51. The van der Waals surface area contributed by atoms with E-state index < -0.39 is 0 Å². The fourth-order valence-corrected chi connectivity index (χ4v) is 4.19. The Bertz CT molecular complexity index is 1750. The molecule has 0 spiro atoms. The third-order valence-electron chi connectivity index (χ3n) is 5.79. The van der Waals surface area contributed by atoms with Crippen LogP contribution in [0.5, 0.6) is 0 Å². The Kier molecular flexibility index (Phi) is 4.86. The van der Waals surface area contributed by atoms with Crippen molar-refractivity contribution in [2.45, 2.75) is 6.54 Å². The van der Waals surface area contributed by atoms with Gasteiger partial charge >= 0.3 is 0 Å². The maximum atomic E-state index is 9.45. The largest absolute Gasteiger partial charge is 0.382 e. The molecule has 6 aromatic rings. The second-order valence-electron chi connectivity index (χ2n) is 8.07. The van der Waals surface area contributed by atoms with Crippen LogP contribution in [0.2, 0.25) is 0 Å². The van der Waals surface area contributed by atoms with Crippen LogP contribution in [-0.2, 0) is 6.54 Å². The normalized spacial score (nSPS) is 11.1. The minimum absolute atomic E-state index is 0.274. The summed E-state index contributed by atoms with van der Waals surface area (Å²) in [5, 5.41) is 19.9. The van der Waals surface area contributed by atoms with Gasteiger partial charge in [-0.3, -0.25) is 9.97 Å². The van der Waals surface area contributed by atoms with Crippen LogP contribution in [0.15, 0.2) is 85.2 Å². The highest BCUT2D eigenvalue weighted by Gasteiger charge is 2.21. The number of hydrogen-bond acceptors (Lipinski definition) is 7. The number of nitrogens with zero attached hydrogens (tertiary/aromatic N) is 7. The molecule has 0 aliphatic carbocycles. The first-order valence-corrected chi connectivity index (χ1v) is 11.0. The Balaban J connectivity index is 1.62. The molecule has 0 aliphatic rings. The molecule has 2 N–H and O–H groups in total. The van der Waals surface area contributed by atoms with Gasteiger partial charge in [0.1, 0.15) is 12.1 Å². The Morgan fingerprint density at radius 1 is 0.829 bits per heavy atom. The molecule has 0 bridgehead atoms. The van der Waals surface area contributed by atoms with Gasteiger partial charge in [-0.25, -0.2) is 4.98 Å². The fourth-order valence-electron chi connectivity index (χ4n) is 4.19. The Labute approximate surface area is 200 Å². The molecule has 0 aliphatic heterocycles. The number of fused-ring (bicyclic) bond motifs is 2. The van der Waals surface area contributed by atoms with Gasteiger partial charge in [-0.15, -0.1) is 5.10 Å². The van der Waals surface area contributed by atoms with Crippen LogP contribution in [0, 0.1) is 11.3 Å². The smallest absolute Gasteiger partial charge is 0.155 e. The van der Waals surface area contributed by atoms with Gasteiger partial charge in [-0.05, 0) is 48.0 Å². The van der Waals surface area contributed by atoms with Crippen molar-refractivity contribution in [3.8, 4) is 28.5 Å². The van der Waals surface area contributed by atoms with Gasteiger partial charge in [0.2, 0.25) is 0 Å². The highest BCUT2D eigenvalue weighted by atomic mass is 15.5. The van der Waals surface area contributed by atoms with Gasteiger partial charge in [0.15, 0.2) is 11.3 Å². The Morgan fingerprint density at radius 3 is 2.57 bits per heavy atom. The molecule has 8 heteroatoms. The number of benzene rings is 2. The third-order valence-corrected chi connectivity index (χ3v) is 5.79. The van der Waals surface area contributed by atoms with Crippen molar-refractivity contribution in [2.24, 2.45) is 0 Å². The van der Waals surface area contributed by atoms with Crippen LogP contribution in [0.25, 0.3) is 44.3 Å². The number of nitrogen functional groups attached to an aromatic ring is 1. The molecule has 0 radical (unpaired) electrons. The zero-order chi connectivity index (χ0) is 23.8. The lowest BCUT2D eigenvalue weighted by atomic mass is 9.96. The SMILES string of the molecule is N#Cc1cccc(-c2nc(N)c3nn(Cc4ccccn4)nc3c2-c2ccc3ncccc3c2)c1. The van der Waals surface area contributed by atoms with Crippen molar-refractivity contribution < 1.29 is 0 Å². The lowest BCUT2D eigenvalue weighted by Gasteiger charge is -2.12. The first kappa shape index (κ1) is 20.4. The van der Waals surface area contributed by atoms with E-state index in [1.165, 1.54) is 0 Å². The highest BCUT2D eigenvalue weighted by Crippen LogP contribution is 2.38. The van der Waals surface area contributed by atoms with E-state index in [1.807, 2.05) is 54.6 Å². The van der Waals surface area contributed by atoms with E-state index in [4.69, 9.17) is 15.8 Å². The summed E-state index contributed by atoms with van der Waals surface area (Å²) < 4.78 is 0. The third kappa shape index (κ3) is 3.71. The van der Waals surface area contributed by atoms with Crippen molar-refractivity contribution in [1.82, 2.24) is 29.9 Å². The second-order valence-corrected chi connectivity index (χ2v) is 8.07. The Morgan fingerprint density at radius 2 is 1.71 bits per heavy atom. The van der Waals surface area contributed by atoms with E-state index in [0.29, 0.717) is 28.8 Å². The minimum Gasteiger partial charge on any atom is -0.382 e. The van der Waals surface area contributed by atoms with Crippen molar-refractivity contribution >= 4 is 27.8 Å². The number of nitriles is 1. The molecule has 4 aromatic heterocycles. The van der Waals surface area contributed by atoms with Crippen LogP contribution in [0.1, 0.15) is 11.3 Å². The van der Waals surface area contributed by atoms with Crippen LogP contribution < -0.4 is 5.73 Å². The molecule has 35 heavy (non-hydrogen) atoms. The lowest BCUT2D eigenvalue weighted by Crippen LogP contribution is -2.05. The molecule has 8 nitrogen and oxygen atoms in total. The number of aromatic nitrogens is 6. The predicted molar refractivity (Wildman–Crippen MR) is 134 cm³/mol. The molecule has 4 heterocycles. The van der Waals surface area contributed by atoms with E-state index in [0.717, 1.165) is 33.3 Å². The predicted octanol–water partition coefficient (Wildman–Crippen LogP) is 4.61. The monoisotopic (exact) mass is 454 g/mol. The summed E-state index contributed by atoms with van der Waals surface area (Å²) in [4.78, 5) is 15.2. The minimum atomic E-state index is 0.274. The molecule has 166 valence electrons. The van der Waals surface area contributed by atoms with Gasteiger partial charge in [0.25, 0.3) is 0 Å². The lowest BCUT2D eigenvalue weighted by molar-refractivity contribution is 0.591. The van der Waals surface area contributed by atoms with Crippen molar-refractivity contribution in [1.29, 1.82) is 5.26 Å². The van der Waals surface area contributed by atoms with Crippen LogP contribution >= 0.6 is 0 Å². The molecular formula is C27H18N8. The molecule has 0 fully saturated rings. The number of rotatable bonds is 4. The summed E-state index contributed by atoms with van der Waals surface area (Å²) in [6, 6.07) is 25.2. The van der Waals surface area contributed by atoms with Gasteiger partial charge < -0.3 is 5.73 Å². The zero-order valence-corrected chi connectivity index (χ0v) is 18.5. The average Bonchev–Trinajstić information content (AvgIpc) is 3.33.